The number of H-pyrrole nitrogens is 1. The van der Waals surface area contributed by atoms with Gasteiger partial charge in [0, 0.05) is 44.7 Å². The molecule has 0 saturated carbocycles. The molecule has 0 amide bonds. The number of aliphatic hydroxyl groups is 1. The van der Waals surface area contributed by atoms with Crippen LogP contribution in [-0.4, -0.2) is 80.1 Å². The molecule has 5 heterocycles. The van der Waals surface area contributed by atoms with Crippen LogP contribution >= 0.6 is 0 Å². The first-order valence-corrected chi connectivity index (χ1v) is 13.6. The Balaban J connectivity index is 1.51. The van der Waals surface area contributed by atoms with Crippen molar-refractivity contribution in [2.75, 3.05) is 44.3 Å². The van der Waals surface area contributed by atoms with Gasteiger partial charge < -0.3 is 19.7 Å². The zero-order valence-electron chi connectivity index (χ0n) is 22.3. The number of nitrogens with one attached hydrogen (secondary N) is 1. The van der Waals surface area contributed by atoms with Crippen molar-refractivity contribution in [3.63, 3.8) is 0 Å². The van der Waals surface area contributed by atoms with Crippen LogP contribution < -0.4 is 4.90 Å². The van der Waals surface area contributed by atoms with Crippen LogP contribution in [0.3, 0.4) is 0 Å². The zero-order valence-corrected chi connectivity index (χ0v) is 22.3. The normalized spacial score (nSPS) is 17.7. The number of morpholine rings is 1. The smallest absolute Gasteiger partial charge is 0.393 e. The maximum atomic E-state index is 13.8. The number of aromatic amines is 1. The Morgan fingerprint density at radius 2 is 1.90 bits per heavy atom. The molecule has 0 unspecified atom stereocenters. The number of hydrogen-bond donors (Lipinski definition) is 2. The summed E-state index contributed by atoms with van der Waals surface area (Å²) in [5, 5.41) is 15.0. The van der Waals surface area contributed by atoms with E-state index in [1.807, 2.05) is 6.07 Å². The summed E-state index contributed by atoms with van der Waals surface area (Å²) in [6.07, 6.45) is 0.181. The van der Waals surface area contributed by atoms with Crippen LogP contribution in [0.4, 0.5) is 19.0 Å². The number of fused-ring (bicyclic) bond motifs is 1. The van der Waals surface area contributed by atoms with Gasteiger partial charge in [-0.2, -0.15) is 13.2 Å². The summed E-state index contributed by atoms with van der Waals surface area (Å²) < 4.78 is 48.6. The Labute approximate surface area is 229 Å². The minimum atomic E-state index is -4.44. The van der Waals surface area contributed by atoms with Crippen LogP contribution in [0.2, 0.25) is 0 Å². The molecule has 2 aliphatic rings. The Kier molecular flexibility index (Phi) is 7.24. The molecule has 0 radical (unpaired) electrons. The topological polar surface area (TPSA) is 94.8 Å². The van der Waals surface area contributed by atoms with Crippen molar-refractivity contribution < 1.29 is 23.0 Å². The van der Waals surface area contributed by atoms with E-state index in [0.717, 1.165) is 47.6 Å². The summed E-state index contributed by atoms with van der Waals surface area (Å²) in [6, 6.07) is 6.31. The fraction of sp³-hybridized carbons (Fsp3) is 0.464. The quantitative estimate of drug-likeness (QED) is 0.374. The first-order valence-electron chi connectivity index (χ1n) is 13.6. The number of piperidine rings is 1. The highest BCUT2D eigenvalue weighted by Gasteiger charge is 2.33. The highest BCUT2D eigenvalue weighted by molar-refractivity contribution is 5.77. The van der Waals surface area contributed by atoms with Gasteiger partial charge in [0.1, 0.15) is 0 Å². The van der Waals surface area contributed by atoms with E-state index >= 15 is 0 Å². The third-order valence-corrected chi connectivity index (χ3v) is 7.91. The fourth-order valence-corrected chi connectivity index (χ4v) is 5.60. The number of nitrogens with zero attached hydrogens (tertiary/aromatic N) is 6. The molecule has 0 aliphatic carbocycles. The van der Waals surface area contributed by atoms with Gasteiger partial charge in [-0.25, -0.2) is 14.5 Å². The maximum Gasteiger partial charge on any atom is 0.416 e. The lowest BCUT2D eigenvalue weighted by atomic mass is 9.97. The SMILES string of the molecule is Cc1c(Cc2c(CN3CCC(O)CC3)nc3c(-c4cnc[nH]4)cc(N4CCOCC4)nn23)cccc1C(F)(F)F. The number of rotatable bonds is 6. The molecule has 12 heteroatoms. The van der Waals surface area contributed by atoms with Crippen molar-refractivity contribution in [1.82, 2.24) is 29.5 Å². The summed E-state index contributed by atoms with van der Waals surface area (Å²) in [5.41, 5.74) is 3.87. The van der Waals surface area contributed by atoms with Gasteiger partial charge >= 0.3 is 6.18 Å². The van der Waals surface area contributed by atoms with E-state index < -0.39 is 11.7 Å². The summed E-state index contributed by atoms with van der Waals surface area (Å²) in [5.74, 6) is 0.743. The van der Waals surface area contributed by atoms with Crippen LogP contribution in [0.15, 0.2) is 36.8 Å². The highest BCUT2D eigenvalue weighted by atomic mass is 19.4. The molecule has 0 atom stereocenters. The number of benzene rings is 1. The largest absolute Gasteiger partial charge is 0.416 e. The second-order valence-electron chi connectivity index (χ2n) is 10.5. The minimum absolute atomic E-state index is 0.204. The Hall–Kier alpha value is -3.48. The van der Waals surface area contributed by atoms with E-state index in [4.69, 9.17) is 14.8 Å². The predicted molar refractivity (Wildman–Crippen MR) is 143 cm³/mol. The van der Waals surface area contributed by atoms with E-state index in [-0.39, 0.29) is 18.1 Å². The number of alkyl halides is 3. The first-order chi connectivity index (χ1) is 19.3. The molecule has 2 saturated heterocycles. The van der Waals surface area contributed by atoms with E-state index in [0.29, 0.717) is 56.9 Å². The molecule has 0 spiro atoms. The van der Waals surface area contributed by atoms with Crippen LogP contribution in [0.5, 0.6) is 0 Å². The lowest BCUT2D eigenvalue weighted by Gasteiger charge is -2.29. The molecule has 0 bridgehead atoms. The Morgan fingerprint density at radius 3 is 2.60 bits per heavy atom. The molecule has 4 aromatic rings. The van der Waals surface area contributed by atoms with Gasteiger partial charge in [0.2, 0.25) is 0 Å². The number of anilines is 1. The molecule has 40 heavy (non-hydrogen) atoms. The van der Waals surface area contributed by atoms with Gasteiger partial charge in [-0.05, 0) is 43.0 Å². The highest BCUT2D eigenvalue weighted by Crippen LogP contribution is 2.35. The maximum absolute atomic E-state index is 13.8. The molecular formula is C28H32F3N7O2. The van der Waals surface area contributed by atoms with Crippen molar-refractivity contribution >= 4 is 11.5 Å². The monoisotopic (exact) mass is 555 g/mol. The number of aliphatic hydroxyl groups excluding tert-OH is 1. The zero-order chi connectivity index (χ0) is 27.9. The molecule has 6 rings (SSSR count). The Bertz CT molecular complexity index is 1470. The van der Waals surface area contributed by atoms with Gasteiger partial charge in [0.15, 0.2) is 11.5 Å². The molecular weight excluding hydrogens is 523 g/mol. The second-order valence-corrected chi connectivity index (χ2v) is 10.5. The second kappa shape index (κ2) is 10.8. The van der Waals surface area contributed by atoms with E-state index in [9.17, 15) is 18.3 Å². The number of ether oxygens (including phenoxy) is 1. The number of likely N-dealkylation sites (tertiary alicyclic amines) is 1. The van der Waals surface area contributed by atoms with Crippen molar-refractivity contribution in [2.45, 2.75) is 45.0 Å². The molecule has 2 N–H and O–H groups in total. The predicted octanol–water partition coefficient (Wildman–Crippen LogP) is 3.83. The van der Waals surface area contributed by atoms with Gasteiger partial charge in [-0.15, -0.1) is 5.10 Å². The third kappa shape index (κ3) is 5.30. The lowest BCUT2D eigenvalue weighted by Crippen LogP contribution is -2.37. The van der Waals surface area contributed by atoms with Crippen LogP contribution in [0.1, 0.15) is 40.9 Å². The van der Waals surface area contributed by atoms with Crippen LogP contribution in [0, 0.1) is 6.92 Å². The standard InChI is InChI=1S/C28H32F3N7O2/c1-18-19(3-2-4-22(18)28(29,30)31)13-25-24(16-36-7-5-20(39)6-8-36)34-27-21(23-15-32-17-33-23)14-26(35-38(25)27)37-9-11-40-12-10-37/h2-4,14-15,17,20,39H,5-13,16H2,1H3,(H,32,33). The summed E-state index contributed by atoms with van der Waals surface area (Å²) in [7, 11) is 0. The van der Waals surface area contributed by atoms with Gasteiger partial charge in [-0.3, -0.25) is 4.90 Å². The van der Waals surface area contributed by atoms with Crippen molar-refractivity contribution in [3.05, 3.63) is 64.9 Å². The van der Waals surface area contributed by atoms with Crippen molar-refractivity contribution in [2.24, 2.45) is 0 Å². The fourth-order valence-electron chi connectivity index (χ4n) is 5.60. The average molecular weight is 556 g/mol. The number of aromatic nitrogens is 5. The summed E-state index contributed by atoms with van der Waals surface area (Å²) in [4.78, 5) is 16.8. The lowest BCUT2D eigenvalue weighted by molar-refractivity contribution is -0.138. The molecule has 3 aromatic heterocycles. The van der Waals surface area contributed by atoms with Crippen LogP contribution in [0.25, 0.3) is 16.9 Å². The molecule has 1 aromatic carbocycles. The minimum Gasteiger partial charge on any atom is -0.393 e. The molecule has 2 aliphatic heterocycles. The third-order valence-electron chi connectivity index (χ3n) is 7.91. The van der Waals surface area contributed by atoms with E-state index in [1.165, 1.54) is 13.0 Å². The average Bonchev–Trinajstić information content (AvgIpc) is 3.59. The molecule has 212 valence electrons. The summed E-state index contributed by atoms with van der Waals surface area (Å²) >= 11 is 0. The van der Waals surface area contributed by atoms with E-state index in [1.54, 1.807) is 23.1 Å². The summed E-state index contributed by atoms with van der Waals surface area (Å²) in [6.45, 7) is 6.01. The van der Waals surface area contributed by atoms with Gasteiger partial charge in [-0.1, -0.05) is 12.1 Å². The number of halogens is 3. The molecule has 2 fully saturated rings. The van der Waals surface area contributed by atoms with Crippen molar-refractivity contribution in [1.29, 1.82) is 0 Å². The molecule has 9 nitrogen and oxygen atoms in total. The number of hydrogen-bond acceptors (Lipinski definition) is 7. The first kappa shape index (κ1) is 26.7. The van der Waals surface area contributed by atoms with Crippen LogP contribution in [-0.2, 0) is 23.9 Å². The van der Waals surface area contributed by atoms with E-state index in [2.05, 4.69) is 19.8 Å². The Morgan fingerprint density at radius 1 is 1.12 bits per heavy atom. The number of imidazole rings is 2. The van der Waals surface area contributed by atoms with Gasteiger partial charge in [0.05, 0.1) is 54.5 Å². The van der Waals surface area contributed by atoms with Crippen molar-refractivity contribution in [3.8, 4) is 11.3 Å². The van der Waals surface area contributed by atoms with Gasteiger partial charge in [0.25, 0.3) is 0 Å².